The second-order valence-electron chi connectivity index (χ2n) is 7.21. The lowest BCUT2D eigenvalue weighted by Gasteiger charge is -2.28. The molecule has 1 amide bonds. The number of benzene rings is 1. The minimum absolute atomic E-state index is 0.00978. The molecule has 1 fully saturated rings. The number of rotatable bonds is 6. The topological polar surface area (TPSA) is 75.5 Å². The van der Waals surface area contributed by atoms with Crippen LogP contribution < -0.4 is 0 Å². The monoisotopic (exact) mass is 390 g/mol. The Morgan fingerprint density at radius 3 is 2.56 bits per heavy atom. The lowest BCUT2D eigenvalue weighted by molar-refractivity contribution is -0.131. The number of carbonyl (C=O) groups excluding carboxylic acids is 1. The van der Waals surface area contributed by atoms with Crippen LogP contribution in [0, 0.1) is 5.92 Å². The van der Waals surface area contributed by atoms with Crippen molar-refractivity contribution in [2.75, 3.05) is 20.1 Å². The number of nitrogens with zero attached hydrogens (tertiary/aromatic N) is 4. The molecule has 0 bridgehead atoms. The highest BCUT2D eigenvalue weighted by atomic mass is 32.2. The summed E-state index contributed by atoms with van der Waals surface area (Å²) in [5.41, 5.74) is 1.04. The van der Waals surface area contributed by atoms with E-state index in [1.807, 2.05) is 30.3 Å². The van der Waals surface area contributed by atoms with Gasteiger partial charge in [0.2, 0.25) is 5.91 Å². The summed E-state index contributed by atoms with van der Waals surface area (Å²) in [4.78, 5) is 18.1. The van der Waals surface area contributed by atoms with Crippen LogP contribution in [-0.4, -0.2) is 53.2 Å². The molecule has 2 heterocycles. The molecule has 0 unspecified atom stereocenters. The molecule has 3 rings (SSSR count). The van der Waals surface area contributed by atoms with Crippen LogP contribution in [0.2, 0.25) is 0 Å². The van der Waals surface area contributed by atoms with Crippen molar-refractivity contribution in [3.05, 3.63) is 48.4 Å². The number of likely N-dealkylation sites (N-methyl/N-ethyl adjacent to an activating group) is 1. The van der Waals surface area contributed by atoms with E-state index < -0.39 is 10.0 Å². The Hall–Kier alpha value is -2.19. The van der Waals surface area contributed by atoms with Gasteiger partial charge in [-0.2, -0.15) is 4.31 Å². The molecule has 8 heteroatoms. The van der Waals surface area contributed by atoms with Crippen LogP contribution in [0.25, 0.3) is 0 Å². The average molecular weight is 391 g/mol. The van der Waals surface area contributed by atoms with Crippen LogP contribution in [0.15, 0.2) is 47.9 Å². The summed E-state index contributed by atoms with van der Waals surface area (Å²) in [6.45, 7) is 3.74. The van der Waals surface area contributed by atoms with E-state index in [0.29, 0.717) is 25.6 Å². The maximum absolute atomic E-state index is 12.7. The Morgan fingerprint density at radius 1 is 1.22 bits per heavy atom. The summed E-state index contributed by atoms with van der Waals surface area (Å²) in [6.07, 6.45) is 4.58. The highest BCUT2D eigenvalue weighted by Crippen LogP contribution is 2.22. The Kier molecular flexibility index (Phi) is 5.96. The first-order chi connectivity index (χ1) is 12.9. The standard InChI is InChI=1S/C19H26N4O3S/c1-16-8-10-23(11-9-16)27(25,26)18-13-22(15-20-18)14-19(24)21(2)12-17-6-4-3-5-7-17/h3-7,13,15-16H,8-12,14H2,1-2H3. The van der Waals surface area contributed by atoms with Gasteiger partial charge in [0.25, 0.3) is 10.0 Å². The van der Waals surface area contributed by atoms with Gasteiger partial charge in [-0.25, -0.2) is 13.4 Å². The van der Waals surface area contributed by atoms with Crippen molar-refractivity contribution in [2.24, 2.45) is 5.92 Å². The Bertz CT molecular complexity index is 871. The number of amides is 1. The fourth-order valence-electron chi connectivity index (χ4n) is 3.14. The zero-order valence-electron chi connectivity index (χ0n) is 15.8. The predicted octanol–water partition coefficient (Wildman–Crippen LogP) is 1.96. The quantitative estimate of drug-likeness (QED) is 0.756. The van der Waals surface area contributed by atoms with E-state index in [-0.39, 0.29) is 17.5 Å². The van der Waals surface area contributed by atoms with Crippen molar-refractivity contribution in [1.82, 2.24) is 18.8 Å². The maximum atomic E-state index is 12.7. The number of hydrogen-bond acceptors (Lipinski definition) is 4. The van der Waals surface area contributed by atoms with Crippen molar-refractivity contribution in [2.45, 2.75) is 37.9 Å². The van der Waals surface area contributed by atoms with Crippen LogP contribution in [-0.2, 0) is 27.9 Å². The van der Waals surface area contributed by atoms with Crippen molar-refractivity contribution < 1.29 is 13.2 Å². The fourth-order valence-corrected chi connectivity index (χ4v) is 4.54. The number of hydrogen-bond donors (Lipinski definition) is 0. The van der Waals surface area contributed by atoms with Crippen LogP contribution in [0.4, 0.5) is 0 Å². The summed E-state index contributed by atoms with van der Waals surface area (Å²) >= 11 is 0. The molecule has 0 atom stereocenters. The van der Waals surface area contributed by atoms with E-state index in [4.69, 9.17) is 0 Å². The van der Waals surface area contributed by atoms with Crippen molar-refractivity contribution in [3.63, 3.8) is 0 Å². The first-order valence-corrected chi connectivity index (χ1v) is 10.6. The van der Waals surface area contributed by atoms with Crippen LogP contribution in [0.1, 0.15) is 25.3 Å². The molecular formula is C19H26N4O3S. The maximum Gasteiger partial charge on any atom is 0.262 e. The molecule has 0 radical (unpaired) electrons. The van der Waals surface area contributed by atoms with Gasteiger partial charge < -0.3 is 9.47 Å². The van der Waals surface area contributed by atoms with Crippen molar-refractivity contribution >= 4 is 15.9 Å². The van der Waals surface area contributed by atoms with Crippen molar-refractivity contribution in [1.29, 1.82) is 0 Å². The third-order valence-electron chi connectivity index (χ3n) is 4.96. The molecule has 0 saturated carbocycles. The summed E-state index contributed by atoms with van der Waals surface area (Å²) in [7, 11) is -1.86. The van der Waals surface area contributed by atoms with E-state index >= 15 is 0 Å². The minimum atomic E-state index is -3.59. The molecule has 1 aromatic heterocycles. The van der Waals surface area contributed by atoms with Gasteiger partial charge in [-0.1, -0.05) is 37.3 Å². The van der Waals surface area contributed by atoms with Gasteiger partial charge in [0.15, 0.2) is 5.03 Å². The number of aromatic nitrogens is 2. The SMILES string of the molecule is CC1CCN(S(=O)(=O)c2cn(CC(=O)N(C)Cc3ccccc3)cn2)CC1. The number of sulfonamides is 1. The molecule has 1 aromatic carbocycles. The van der Waals surface area contributed by atoms with E-state index in [1.165, 1.54) is 21.4 Å². The molecule has 0 N–H and O–H groups in total. The number of carbonyl (C=O) groups is 1. The first-order valence-electron chi connectivity index (χ1n) is 9.16. The second kappa shape index (κ2) is 8.22. The van der Waals surface area contributed by atoms with Gasteiger partial charge in [0.1, 0.15) is 6.54 Å². The lowest BCUT2D eigenvalue weighted by atomic mass is 10.0. The Morgan fingerprint density at radius 2 is 1.89 bits per heavy atom. The molecular weight excluding hydrogens is 364 g/mol. The Labute approximate surface area is 160 Å². The van der Waals surface area contributed by atoms with E-state index in [1.54, 1.807) is 11.9 Å². The zero-order chi connectivity index (χ0) is 19.4. The summed E-state index contributed by atoms with van der Waals surface area (Å²) < 4.78 is 28.5. The molecule has 2 aromatic rings. The number of imidazole rings is 1. The largest absolute Gasteiger partial charge is 0.340 e. The number of piperidine rings is 1. The predicted molar refractivity (Wildman–Crippen MR) is 102 cm³/mol. The molecule has 1 saturated heterocycles. The highest BCUT2D eigenvalue weighted by Gasteiger charge is 2.30. The molecule has 146 valence electrons. The van der Waals surface area contributed by atoms with Crippen LogP contribution in [0.3, 0.4) is 0 Å². The van der Waals surface area contributed by atoms with E-state index in [2.05, 4.69) is 11.9 Å². The molecule has 1 aliphatic rings. The third-order valence-corrected chi connectivity index (χ3v) is 6.75. The fraction of sp³-hybridized carbons (Fsp3) is 0.474. The van der Waals surface area contributed by atoms with Gasteiger partial charge in [0.05, 0.1) is 6.33 Å². The van der Waals surface area contributed by atoms with Gasteiger partial charge in [-0.3, -0.25) is 4.79 Å². The van der Waals surface area contributed by atoms with E-state index in [9.17, 15) is 13.2 Å². The van der Waals surface area contributed by atoms with Gasteiger partial charge in [-0.15, -0.1) is 0 Å². The third kappa shape index (κ3) is 4.75. The second-order valence-corrected chi connectivity index (χ2v) is 9.09. The Balaban J connectivity index is 1.62. The molecule has 0 aliphatic carbocycles. The smallest absolute Gasteiger partial charge is 0.262 e. The van der Waals surface area contributed by atoms with Gasteiger partial charge in [-0.05, 0) is 24.3 Å². The molecule has 0 spiro atoms. The molecule has 7 nitrogen and oxygen atoms in total. The summed E-state index contributed by atoms with van der Waals surface area (Å²) in [5, 5.41) is 0.00978. The first kappa shape index (κ1) is 19.6. The van der Waals surface area contributed by atoms with Gasteiger partial charge in [0, 0.05) is 32.9 Å². The van der Waals surface area contributed by atoms with Crippen molar-refractivity contribution in [3.8, 4) is 0 Å². The molecule has 1 aliphatic heterocycles. The van der Waals surface area contributed by atoms with Crippen LogP contribution in [0.5, 0.6) is 0 Å². The molecule has 27 heavy (non-hydrogen) atoms. The highest BCUT2D eigenvalue weighted by molar-refractivity contribution is 7.89. The normalized spacial score (nSPS) is 16.4. The zero-order valence-corrected chi connectivity index (χ0v) is 16.6. The summed E-state index contributed by atoms with van der Waals surface area (Å²) in [6, 6.07) is 9.72. The van der Waals surface area contributed by atoms with Gasteiger partial charge >= 0.3 is 0 Å². The lowest BCUT2D eigenvalue weighted by Crippen LogP contribution is -2.38. The van der Waals surface area contributed by atoms with Crippen LogP contribution >= 0.6 is 0 Å². The van der Waals surface area contributed by atoms with E-state index in [0.717, 1.165) is 18.4 Å². The minimum Gasteiger partial charge on any atom is -0.340 e. The average Bonchev–Trinajstić information content (AvgIpc) is 3.12. The summed E-state index contributed by atoms with van der Waals surface area (Å²) in [5.74, 6) is 0.443.